The van der Waals surface area contributed by atoms with Crippen LogP contribution < -0.4 is 16.6 Å². The number of hydrogen-bond donors (Lipinski definition) is 1. The summed E-state index contributed by atoms with van der Waals surface area (Å²) in [7, 11) is 0. The van der Waals surface area contributed by atoms with Gasteiger partial charge in [-0.05, 0) is 18.4 Å². The van der Waals surface area contributed by atoms with Crippen molar-refractivity contribution in [1.82, 2.24) is 14.5 Å². The molecule has 0 saturated heterocycles. The highest BCUT2D eigenvalue weighted by Gasteiger charge is 2.30. The van der Waals surface area contributed by atoms with Gasteiger partial charge in [0.15, 0.2) is 6.61 Å². The van der Waals surface area contributed by atoms with E-state index in [1.165, 1.54) is 16.8 Å². The van der Waals surface area contributed by atoms with Gasteiger partial charge < -0.3 is 10.1 Å². The number of aromatic nitrogens is 2. The third-order valence-corrected chi connectivity index (χ3v) is 4.77. The van der Waals surface area contributed by atoms with Gasteiger partial charge in [-0.15, -0.1) is 0 Å². The SMILES string of the molecule is CC(C)[C@@](C)(C#N)NC(=O)COC(=O)Cn1c(=O)ccn(Cc2ccccc2)c1=O. The highest BCUT2D eigenvalue weighted by molar-refractivity contribution is 5.81. The van der Waals surface area contributed by atoms with Gasteiger partial charge in [0.05, 0.1) is 12.6 Å². The maximum Gasteiger partial charge on any atom is 0.331 e. The fourth-order valence-electron chi connectivity index (χ4n) is 2.55. The summed E-state index contributed by atoms with van der Waals surface area (Å²) in [6.07, 6.45) is 1.36. The monoisotopic (exact) mass is 412 g/mol. The molecule has 1 N–H and O–H groups in total. The number of ether oxygens (including phenoxy) is 1. The Bertz CT molecular complexity index is 1070. The van der Waals surface area contributed by atoms with Gasteiger partial charge in [-0.25, -0.2) is 9.36 Å². The van der Waals surface area contributed by atoms with Crippen LogP contribution in [0.5, 0.6) is 0 Å². The first kappa shape index (κ1) is 22.6. The van der Waals surface area contributed by atoms with Gasteiger partial charge in [0, 0.05) is 12.3 Å². The standard InChI is InChI=1S/C21H24N4O5/c1-15(2)21(3,14-22)23-17(26)13-30-19(28)12-25-18(27)9-10-24(20(25)29)11-16-7-5-4-6-8-16/h4-10,15H,11-13H2,1-3H3,(H,23,26)/t21-/m1/s1. The lowest BCUT2D eigenvalue weighted by molar-refractivity contribution is -0.149. The predicted octanol–water partition coefficient (Wildman–Crippen LogP) is 0.656. The van der Waals surface area contributed by atoms with E-state index in [4.69, 9.17) is 4.74 Å². The van der Waals surface area contributed by atoms with Crippen LogP contribution in [0.25, 0.3) is 0 Å². The molecule has 0 aliphatic heterocycles. The van der Waals surface area contributed by atoms with Crippen LogP contribution in [-0.4, -0.2) is 33.2 Å². The van der Waals surface area contributed by atoms with Crippen molar-refractivity contribution < 1.29 is 14.3 Å². The highest BCUT2D eigenvalue weighted by atomic mass is 16.5. The normalized spacial score (nSPS) is 12.6. The quantitative estimate of drug-likeness (QED) is 0.635. The average Bonchev–Trinajstić information content (AvgIpc) is 2.72. The Balaban J connectivity index is 2.04. The van der Waals surface area contributed by atoms with Gasteiger partial charge in [-0.3, -0.25) is 19.0 Å². The summed E-state index contributed by atoms with van der Waals surface area (Å²) in [5.41, 5.74) is -1.56. The number of esters is 1. The van der Waals surface area contributed by atoms with Crippen LogP contribution in [0.3, 0.4) is 0 Å². The molecular weight excluding hydrogens is 388 g/mol. The summed E-state index contributed by atoms with van der Waals surface area (Å²) < 4.78 is 6.93. The van der Waals surface area contributed by atoms with Crippen molar-refractivity contribution in [1.29, 1.82) is 5.26 Å². The van der Waals surface area contributed by atoms with E-state index in [2.05, 4.69) is 5.32 Å². The zero-order chi connectivity index (χ0) is 22.3. The third-order valence-electron chi connectivity index (χ3n) is 4.77. The number of nitriles is 1. The van der Waals surface area contributed by atoms with Crippen LogP contribution in [0.2, 0.25) is 0 Å². The molecule has 1 atom stereocenters. The Morgan fingerprint density at radius 2 is 1.87 bits per heavy atom. The Kier molecular flexibility index (Phi) is 7.31. The van der Waals surface area contributed by atoms with Gasteiger partial charge >= 0.3 is 11.7 Å². The number of nitrogens with one attached hydrogen (secondary N) is 1. The molecule has 0 bridgehead atoms. The number of nitrogens with zero attached hydrogens (tertiary/aromatic N) is 3. The van der Waals surface area contributed by atoms with Gasteiger partial charge in [0.2, 0.25) is 0 Å². The summed E-state index contributed by atoms with van der Waals surface area (Å²) in [5.74, 6) is -1.72. The van der Waals surface area contributed by atoms with Crippen molar-refractivity contribution in [3.05, 3.63) is 69.0 Å². The minimum Gasteiger partial charge on any atom is -0.454 e. The first-order valence-electron chi connectivity index (χ1n) is 9.38. The molecule has 0 aliphatic carbocycles. The van der Waals surface area contributed by atoms with Crippen LogP contribution in [-0.2, 0) is 27.4 Å². The molecule has 2 aromatic rings. The largest absolute Gasteiger partial charge is 0.454 e. The number of hydrogen-bond acceptors (Lipinski definition) is 6. The second-order valence-corrected chi connectivity index (χ2v) is 7.31. The molecule has 0 spiro atoms. The summed E-state index contributed by atoms with van der Waals surface area (Å²) in [5, 5.41) is 11.7. The second kappa shape index (κ2) is 9.69. The smallest absolute Gasteiger partial charge is 0.331 e. The molecular formula is C21H24N4O5. The molecule has 9 nitrogen and oxygen atoms in total. The number of carbonyl (C=O) groups is 2. The van der Waals surface area contributed by atoms with Crippen molar-refractivity contribution in [2.24, 2.45) is 5.92 Å². The number of carbonyl (C=O) groups excluding carboxylic acids is 2. The molecule has 2 rings (SSSR count). The molecule has 0 aliphatic rings. The van der Waals surface area contributed by atoms with E-state index < -0.39 is 41.8 Å². The molecule has 1 heterocycles. The Labute approximate surface area is 173 Å². The molecule has 1 aromatic carbocycles. The number of amides is 1. The fourth-order valence-corrected chi connectivity index (χ4v) is 2.55. The first-order chi connectivity index (χ1) is 14.2. The number of rotatable bonds is 8. The summed E-state index contributed by atoms with van der Waals surface area (Å²) >= 11 is 0. The second-order valence-electron chi connectivity index (χ2n) is 7.31. The Morgan fingerprint density at radius 3 is 2.47 bits per heavy atom. The molecule has 0 saturated carbocycles. The maximum absolute atomic E-state index is 12.6. The maximum atomic E-state index is 12.6. The van der Waals surface area contributed by atoms with E-state index in [1.807, 2.05) is 36.4 Å². The summed E-state index contributed by atoms with van der Waals surface area (Å²) in [6.45, 7) is 4.11. The van der Waals surface area contributed by atoms with E-state index in [1.54, 1.807) is 20.8 Å². The zero-order valence-electron chi connectivity index (χ0n) is 17.1. The van der Waals surface area contributed by atoms with Crippen molar-refractivity contribution in [2.75, 3.05) is 6.61 Å². The van der Waals surface area contributed by atoms with Gasteiger partial charge in [-0.2, -0.15) is 5.26 Å². The van der Waals surface area contributed by atoms with E-state index in [0.29, 0.717) is 0 Å². The molecule has 1 aromatic heterocycles. The number of benzene rings is 1. The Morgan fingerprint density at radius 1 is 1.20 bits per heavy atom. The van der Waals surface area contributed by atoms with Gasteiger partial charge in [-0.1, -0.05) is 44.2 Å². The van der Waals surface area contributed by atoms with Crippen LogP contribution in [0.1, 0.15) is 26.3 Å². The topological polar surface area (TPSA) is 123 Å². The molecule has 1 amide bonds. The minimum absolute atomic E-state index is 0.159. The first-order valence-corrected chi connectivity index (χ1v) is 9.38. The third kappa shape index (κ3) is 5.67. The molecule has 0 radical (unpaired) electrons. The van der Waals surface area contributed by atoms with Crippen molar-refractivity contribution in [3.8, 4) is 6.07 Å². The van der Waals surface area contributed by atoms with Crippen LogP contribution in [0.4, 0.5) is 0 Å². The zero-order valence-corrected chi connectivity index (χ0v) is 17.1. The predicted molar refractivity (Wildman–Crippen MR) is 108 cm³/mol. The van der Waals surface area contributed by atoms with Crippen molar-refractivity contribution in [2.45, 2.75) is 39.4 Å². The molecule has 0 fully saturated rings. The van der Waals surface area contributed by atoms with E-state index >= 15 is 0 Å². The minimum atomic E-state index is -1.11. The van der Waals surface area contributed by atoms with E-state index in [0.717, 1.165) is 10.1 Å². The van der Waals surface area contributed by atoms with E-state index in [-0.39, 0.29) is 12.5 Å². The lowest BCUT2D eigenvalue weighted by Crippen LogP contribution is -2.50. The highest BCUT2D eigenvalue weighted by Crippen LogP contribution is 2.14. The average molecular weight is 412 g/mol. The molecule has 158 valence electrons. The van der Waals surface area contributed by atoms with Crippen molar-refractivity contribution in [3.63, 3.8) is 0 Å². The molecule has 0 unspecified atom stereocenters. The van der Waals surface area contributed by atoms with Crippen LogP contribution in [0, 0.1) is 17.2 Å². The van der Waals surface area contributed by atoms with Crippen LogP contribution in [0.15, 0.2) is 52.2 Å². The fraction of sp³-hybridized carbons (Fsp3) is 0.381. The Hall–Kier alpha value is -3.67. The molecule has 9 heteroatoms. The van der Waals surface area contributed by atoms with Gasteiger partial charge in [0.25, 0.3) is 11.5 Å². The lowest BCUT2D eigenvalue weighted by Gasteiger charge is -2.27. The van der Waals surface area contributed by atoms with Crippen molar-refractivity contribution >= 4 is 11.9 Å². The molecule has 30 heavy (non-hydrogen) atoms. The lowest BCUT2D eigenvalue weighted by atomic mass is 9.90. The van der Waals surface area contributed by atoms with E-state index in [9.17, 15) is 24.4 Å². The summed E-state index contributed by atoms with van der Waals surface area (Å²) in [6, 6.07) is 12.4. The van der Waals surface area contributed by atoms with Gasteiger partial charge in [0.1, 0.15) is 12.1 Å². The summed E-state index contributed by atoms with van der Waals surface area (Å²) in [4.78, 5) is 48.7. The van der Waals surface area contributed by atoms with Crippen LogP contribution >= 0.6 is 0 Å².